The maximum atomic E-state index is 13.0. The molecule has 3 aliphatic carbocycles. The van der Waals surface area contributed by atoms with Crippen molar-refractivity contribution in [2.45, 2.75) is 75.7 Å². The fourth-order valence-electron chi connectivity index (χ4n) is 5.93. The lowest BCUT2D eigenvalue weighted by atomic mass is 9.50. The second-order valence-electron chi connectivity index (χ2n) is 9.32. The van der Waals surface area contributed by atoms with E-state index in [4.69, 9.17) is 4.74 Å². The lowest BCUT2D eigenvalue weighted by Crippen LogP contribution is -2.59. The minimum atomic E-state index is -0.312. The number of hydrogen-bond acceptors (Lipinski definition) is 3. The molecule has 0 radical (unpaired) electrons. The highest BCUT2D eigenvalue weighted by molar-refractivity contribution is 5.81. The number of ether oxygens (including phenoxy) is 1. The maximum Gasteiger partial charge on any atom is 0.226 e. The fourth-order valence-corrected chi connectivity index (χ4v) is 5.93. The normalized spacial score (nSPS) is 37.3. The summed E-state index contributed by atoms with van der Waals surface area (Å²) in [6, 6.07) is 10.3. The van der Waals surface area contributed by atoms with Crippen LogP contribution in [0.25, 0.3) is 0 Å². The average molecular weight is 355 g/mol. The highest BCUT2D eigenvalue weighted by atomic mass is 16.5. The molecule has 1 atom stereocenters. The van der Waals surface area contributed by atoms with Crippen LogP contribution in [0, 0.1) is 11.3 Å². The minimum absolute atomic E-state index is 0.0141. The molecule has 1 aromatic rings. The van der Waals surface area contributed by atoms with Gasteiger partial charge in [0.1, 0.15) is 0 Å². The van der Waals surface area contributed by atoms with Crippen molar-refractivity contribution in [3.63, 3.8) is 0 Å². The molecule has 26 heavy (non-hydrogen) atoms. The van der Waals surface area contributed by atoms with Gasteiger partial charge in [0, 0.05) is 18.0 Å². The van der Waals surface area contributed by atoms with Gasteiger partial charge in [-0.1, -0.05) is 30.3 Å². The van der Waals surface area contributed by atoms with E-state index in [1.54, 1.807) is 0 Å². The fraction of sp³-hybridized carbons (Fsp3) is 0.682. The maximum absolute atomic E-state index is 13.0. The second-order valence-corrected chi connectivity index (χ2v) is 9.32. The Morgan fingerprint density at radius 2 is 1.85 bits per heavy atom. The van der Waals surface area contributed by atoms with Gasteiger partial charge in [0.05, 0.1) is 18.8 Å². The second kappa shape index (κ2) is 6.07. The molecule has 5 rings (SSSR count). The molecule has 4 heteroatoms. The van der Waals surface area contributed by atoms with E-state index < -0.39 is 0 Å². The number of aliphatic hydroxyl groups is 1. The summed E-state index contributed by atoms with van der Waals surface area (Å²) in [6.45, 7) is 1.25. The zero-order chi connectivity index (χ0) is 17.8. The Balaban J connectivity index is 1.10. The predicted molar refractivity (Wildman–Crippen MR) is 98.3 cm³/mol. The van der Waals surface area contributed by atoms with Crippen LogP contribution in [0.15, 0.2) is 30.3 Å². The van der Waals surface area contributed by atoms with Crippen LogP contribution in [-0.2, 0) is 16.1 Å². The molecule has 1 aromatic carbocycles. The molecule has 1 saturated heterocycles. The highest BCUT2D eigenvalue weighted by Gasteiger charge is 2.59. The van der Waals surface area contributed by atoms with Gasteiger partial charge < -0.3 is 14.7 Å². The molecule has 3 saturated carbocycles. The summed E-state index contributed by atoms with van der Waals surface area (Å²) < 4.78 is 6.04. The number of hydrogen-bond donors (Lipinski definition) is 1. The number of rotatable bonds is 4. The number of β-amino-alcohol motifs (C(OH)–C–C–N with tert-alkyl or cyclic N) is 1. The van der Waals surface area contributed by atoms with Crippen LogP contribution in [0.1, 0.15) is 56.9 Å². The number of likely N-dealkylation sites (tertiary alicyclic amines) is 1. The van der Waals surface area contributed by atoms with Gasteiger partial charge in [-0.3, -0.25) is 4.79 Å². The summed E-state index contributed by atoms with van der Waals surface area (Å²) in [5, 5.41) is 10.1. The third-order valence-corrected chi connectivity index (χ3v) is 7.49. The summed E-state index contributed by atoms with van der Waals surface area (Å²) in [4.78, 5) is 15.0. The Kier molecular flexibility index (Phi) is 3.91. The molecule has 1 amide bonds. The Labute approximate surface area is 155 Å². The first-order valence-electron chi connectivity index (χ1n) is 10.2. The van der Waals surface area contributed by atoms with Crippen LogP contribution < -0.4 is 0 Å². The predicted octanol–water partition coefficient (Wildman–Crippen LogP) is 3.28. The van der Waals surface area contributed by atoms with Crippen molar-refractivity contribution in [2.24, 2.45) is 11.3 Å². The van der Waals surface area contributed by atoms with Gasteiger partial charge in [-0.25, -0.2) is 0 Å². The van der Waals surface area contributed by atoms with Crippen LogP contribution >= 0.6 is 0 Å². The molecular weight excluding hydrogens is 326 g/mol. The molecule has 4 nitrogen and oxygen atoms in total. The summed E-state index contributed by atoms with van der Waals surface area (Å²) in [5.74, 6) is 0.508. The number of amides is 1. The van der Waals surface area contributed by atoms with Gasteiger partial charge in [0.15, 0.2) is 0 Å². The third-order valence-electron chi connectivity index (χ3n) is 7.49. The molecule has 1 N–H and O–H groups in total. The largest absolute Gasteiger partial charge is 0.391 e. The zero-order valence-corrected chi connectivity index (χ0v) is 15.4. The van der Waals surface area contributed by atoms with Crippen molar-refractivity contribution in [2.75, 3.05) is 6.54 Å². The highest BCUT2D eigenvalue weighted by Crippen LogP contribution is 2.60. The molecule has 2 spiro atoms. The van der Waals surface area contributed by atoms with Crippen molar-refractivity contribution in [3.8, 4) is 0 Å². The van der Waals surface area contributed by atoms with Crippen molar-refractivity contribution in [3.05, 3.63) is 35.9 Å². The van der Waals surface area contributed by atoms with Gasteiger partial charge in [-0.15, -0.1) is 0 Å². The molecule has 1 aliphatic heterocycles. The lowest BCUT2D eigenvalue weighted by molar-refractivity contribution is -0.171. The monoisotopic (exact) mass is 355 g/mol. The Morgan fingerprint density at radius 1 is 1.12 bits per heavy atom. The van der Waals surface area contributed by atoms with Gasteiger partial charge in [-0.05, 0) is 62.3 Å². The van der Waals surface area contributed by atoms with Crippen LogP contribution in [0.2, 0.25) is 0 Å². The van der Waals surface area contributed by atoms with Crippen molar-refractivity contribution >= 4 is 5.91 Å². The SMILES string of the molecule is O=C(C1CC2(CC(OCc3ccccc3)C2)C1)N1CC(O)CC12CCC2. The van der Waals surface area contributed by atoms with E-state index in [-0.39, 0.29) is 17.6 Å². The standard InChI is InChI=1S/C22H29NO3/c24-18-11-22(7-4-8-22)23(14-18)20(25)17-9-21(10-17)12-19(13-21)26-15-16-5-2-1-3-6-16/h1-3,5-6,17-19,24H,4,7-15H2. The molecule has 0 bridgehead atoms. The smallest absolute Gasteiger partial charge is 0.226 e. The molecule has 0 aromatic heterocycles. The van der Waals surface area contributed by atoms with Crippen LogP contribution in [0.4, 0.5) is 0 Å². The Morgan fingerprint density at radius 3 is 2.50 bits per heavy atom. The van der Waals surface area contributed by atoms with Gasteiger partial charge in [0.2, 0.25) is 5.91 Å². The van der Waals surface area contributed by atoms with Crippen LogP contribution in [0.3, 0.4) is 0 Å². The zero-order valence-electron chi connectivity index (χ0n) is 15.4. The number of carbonyl (C=O) groups excluding carboxylic acids is 1. The quantitative estimate of drug-likeness (QED) is 0.902. The number of nitrogens with zero attached hydrogens (tertiary/aromatic N) is 1. The van der Waals surface area contributed by atoms with Crippen LogP contribution in [-0.4, -0.2) is 40.2 Å². The summed E-state index contributed by atoms with van der Waals surface area (Å²) in [5.41, 5.74) is 1.61. The first-order chi connectivity index (χ1) is 12.6. The Bertz CT molecular complexity index is 670. The molecule has 1 heterocycles. The molecule has 1 unspecified atom stereocenters. The molecule has 140 valence electrons. The topological polar surface area (TPSA) is 49.8 Å². The van der Waals surface area contributed by atoms with E-state index in [1.165, 1.54) is 12.0 Å². The summed E-state index contributed by atoms with van der Waals surface area (Å²) >= 11 is 0. The molecule has 4 aliphatic rings. The van der Waals surface area contributed by atoms with Crippen LogP contribution in [0.5, 0.6) is 0 Å². The summed E-state index contributed by atoms with van der Waals surface area (Å²) in [7, 11) is 0. The van der Waals surface area contributed by atoms with Crippen molar-refractivity contribution < 1.29 is 14.6 Å². The first kappa shape index (κ1) is 16.8. The number of aliphatic hydroxyl groups excluding tert-OH is 1. The van der Waals surface area contributed by atoms with Gasteiger partial charge in [-0.2, -0.15) is 0 Å². The van der Waals surface area contributed by atoms with Gasteiger partial charge >= 0.3 is 0 Å². The van der Waals surface area contributed by atoms with Crippen molar-refractivity contribution in [1.82, 2.24) is 4.90 Å². The molecular formula is C22H29NO3. The van der Waals surface area contributed by atoms with Crippen molar-refractivity contribution in [1.29, 1.82) is 0 Å². The Hall–Kier alpha value is -1.39. The number of benzene rings is 1. The third kappa shape index (κ3) is 2.69. The lowest BCUT2D eigenvalue weighted by Gasteiger charge is -2.58. The average Bonchev–Trinajstić information content (AvgIpc) is 2.90. The summed E-state index contributed by atoms with van der Waals surface area (Å²) in [6.07, 6.45) is 8.49. The van der Waals surface area contributed by atoms with Gasteiger partial charge in [0.25, 0.3) is 0 Å². The van der Waals surface area contributed by atoms with E-state index in [0.717, 1.165) is 44.9 Å². The molecule has 4 fully saturated rings. The minimum Gasteiger partial charge on any atom is -0.391 e. The first-order valence-corrected chi connectivity index (χ1v) is 10.2. The number of carbonyl (C=O) groups is 1. The van der Waals surface area contributed by atoms with E-state index in [1.807, 2.05) is 18.2 Å². The van der Waals surface area contributed by atoms with E-state index in [9.17, 15) is 9.90 Å². The van der Waals surface area contributed by atoms with E-state index in [2.05, 4.69) is 17.0 Å². The van der Waals surface area contributed by atoms with E-state index >= 15 is 0 Å². The van der Waals surface area contributed by atoms with E-state index in [0.29, 0.717) is 30.6 Å².